The molecule has 1 aliphatic rings. The highest BCUT2D eigenvalue weighted by Crippen LogP contribution is 2.41. The van der Waals surface area contributed by atoms with Gasteiger partial charge < -0.3 is 9.84 Å². The van der Waals surface area contributed by atoms with E-state index in [2.05, 4.69) is 25.7 Å². The van der Waals surface area contributed by atoms with Crippen LogP contribution in [0.1, 0.15) is 47.4 Å². The van der Waals surface area contributed by atoms with Crippen molar-refractivity contribution in [3.05, 3.63) is 59.4 Å². The molecular weight excluding hydrogens is 354 g/mol. The first-order chi connectivity index (χ1) is 13.7. The Morgan fingerprint density at radius 3 is 2.79 bits per heavy atom. The third-order valence-electron chi connectivity index (χ3n) is 5.01. The van der Waals surface area contributed by atoms with E-state index >= 15 is 0 Å². The molecule has 0 bridgehead atoms. The molecule has 3 heterocycles. The molecule has 28 heavy (non-hydrogen) atoms. The highest BCUT2D eigenvalue weighted by atomic mass is 16.5. The summed E-state index contributed by atoms with van der Waals surface area (Å²) in [5.74, 6) is 0.639. The van der Waals surface area contributed by atoms with E-state index in [4.69, 9.17) is 4.52 Å². The highest BCUT2D eigenvalue weighted by molar-refractivity contribution is 6.14. The molecule has 1 aromatic carbocycles. The first-order valence-corrected chi connectivity index (χ1v) is 9.44. The Hall–Kier alpha value is -3.48. The van der Waals surface area contributed by atoms with Crippen molar-refractivity contribution in [3.63, 3.8) is 0 Å². The summed E-state index contributed by atoms with van der Waals surface area (Å²) in [5, 5.41) is 14.8. The molecule has 4 aromatic rings. The van der Waals surface area contributed by atoms with Gasteiger partial charge in [0.15, 0.2) is 5.82 Å². The largest absolute Gasteiger partial charge is 0.335 e. The Kier molecular flexibility index (Phi) is 3.93. The summed E-state index contributed by atoms with van der Waals surface area (Å²) in [6.07, 6.45) is 2.98. The number of fused-ring (bicyclic) bond motifs is 1. The number of anilines is 1. The van der Waals surface area contributed by atoms with Crippen LogP contribution < -0.4 is 5.32 Å². The zero-order valence-corrected chi connectivity index (χ0v) is 15.4. The number of carbonyl (C=O) groups excluding carboxylic acids is 1. The van der Waals surface area contributed by atoms with E-state index in [0.29, 0.717) is 34.1 Å². The fourth-order valence-electron chi connectivity index (χ4n) is 3.32. The van der Waals surface area contributed by atoms with Crippen LogP contribution in [0.5, 0.6) is 0 Å². The van der Waals surface area contributed by atoms with E-state index in [0.717, 1.165) is 36.2 Å². The number of rotatable bonds is 5. The molecular formula is C21H19N5O2. The third kappa shape index (κ3) is 2.94. The number of nitrogens with one attached hydrogen (secondary N) is 2. The minimum atomic E-state index is -0.246. The van der Waals surface area contributed by atoms with Crippen molar-refractivity contribution in [3.8, 4) is 11.3 Å². The quantitative estimate of drug-likeness (QED) is 0.543. The third-order valence-corrected chi connectivity index (χ3v) is 5.01. The first-order valence-electron chi connectivity index (χ1n) is 9.44. The molecule has 3 aromatic heterocycles. The van der Waals surface area contributed by atoms with E-state index in [1.807, 2.05) is 49.4 Å². The van der Waals surface area contributed by atoms with Gasteiger partial charge in [-0.1, -0.05) is 42.4 Å². The van der Waals surface area contributed by atoms with Crippen molar-refractivity contribution in [2.45, 2.75) is 32.1 Å². The molecule has 1 fully saturated rings. The lowest BCUT2D eigenvalue weighted by Crippen LogP contribution is -2.13. The summed E-state index contributed by atoms with van der Waals surface area (Å²) in [7, 11) is 0. The fraction of sp³-hybridized carbons (Fsp3) is 0.238. The van der Waals surface area contributed by atoms with Gasteiger partial charge in [0.1, 0.15) is 5.69 Å². The molecule has 0 aliphatic heterocycles. The monoisotopic (exact) mass is 373 g/mol. The predicted molar refractivity (Wildman–Crippen MR) is 105 cm³/mol. The summed E-state index contributed by atoms with van der Waals surface area (Å²) >= 11 is 0. The lowest BCUT2D eigenvalue weighted by Gasteiger charge is -2.07. The number of benzene rings is 1. The lowest BCUT2D eigenvalue weighted by molar-refractivity contribution is 0.102. The maximum Gasteiger partial charge on any atom is 0.259 e. The van der Waals surface area contributed by atoms with Gasteiger partial charge in [0.05, 0.1) is 10.9 Å². The van der Waals surface area contributed by atoms with Crippen LogP contribution in [0.2, 0.25) is 0 Å². The number of aromatic nitrogens is 4. The lowest BCUT2D eigenvalue weighted by atomic mass is 10.0. The van der Waals surface area contributed by atoms with Crippen LogP contribution in [0.4, 0.5) is 5.82 Å². The Morgan fingerprint density at radius 1 is 1.25 bits per heavy atom. The molecule has 7 nitrogen and oxygen atoms in total. The second kappa shape index (κ2) is 6.60. The van der Waals surface area contributed by atoms with Crippen LogP contribution in [-0.4, -0.2) is 26.2 Å². The van der Waals surface area contributed by atoms with Crippen LogP contribution in [-0.2, 0) is 6.42 Å². The average molecular weight is 373 g/mol. The smallest absolute Gasteiger partial charge is 0.259 e. The van der Waals surface area contributed by atoms with E-state index in [-0.39, 0.29) is 5.91 Å². The summed E-state index contributed by atoms with van der Waals surface area (Å²) in [5.41, 5.74) is 4.24. The van der Waals surface area contributed by atoms with Gasteiger partial charge >= 0.3 is 0 Å². The van der Waals surface area contributed by atoms with Gasteiger partial charge in [0.2, 0.25) is 0 Å². The minimum Gasteiger partial charge on any atom is -0.335 e. The Morgan fingerprint density at radius 2 is 2.07 bits per heavy atom. The summed E-state index contributed by atoms with van der Waals surface area (Å²) < 4.78 is 5.52. The Labute approximate surface area is 161 Å². The number of carbonyl (C=O) groups is 1. The number of H-pyrrole nitrogens is 1. The molecule has 1 saturated carbocycles. The molecule has 1 aliphatic carbocycles. The van der Waals surface area contributed by atoms with Crippen LogP contribution in [0.25, 0.3) is 22.4 Å². The van der Waals surface area contributed by atoms with Crippen molar-refractivity contribution < 1.29 is 9.32 Å². The van der Waals surface area contributed by atoms with Crippen molar-refractivity contribution in [1.82, 2.24) is 20.3 Å². The van der Waals surface area contributed by atoms with Crippen molar-refractivity contribution >= 4 is 22.8 Å². The molecule has 5 rings (SSSR count). The standard InChI is InChI=1S/C21H19N5O2/c1-2-14-10-17(25-24-14)23-20(27)15-11-16(12-8-9-12)22-21-18(15)19(26-28-21)13-6-4-3-5-7-13/h3-7,10-12H,2,8-9H2,1H3,(H2,23,24,25,27). The molecule has 0 atom stereocenters. The first kappa shape index (κ1) is 16.7. The molecule has 7 heteroatoms. The van der Waals surface area contributed by atoms with Crippen molar-refractivity contribution in [2.75, 3.05) is 5.32 Å². The maximum absolute atomic E-state index is 13.1. The van der Waals surface area contributed by atoms with Gasteiger partial charge in [-0.3, -0.25) is 9.89 Å². The van der Waals surface area contributed by atoms with Gasteiger partial charge in [0, 0.05) is 28.9 Å². The maximum atomic E-state index is 13.1. The zero-order valence-electron chi connectivity index (χ0n) is 15.4. The van der Waals surface area contributed by atoms with Gasteiger partial charge in [-0.05, 0) is 25.3 Å². The van der Waals surface area contributed by atoms with E-state index in [9.17, 15) is 4.79 Å². The van der Waals surface area contributed by atoms with Crippen LogP contribution >= 0.6 is 0 Å². The molecule has 1 amide bonds. The van der Waals surface area contributed by atoms with E-state index < -0.39 is 0 Å². The predicted octanol–water partition coefficient (Wildman–Crippen LogP) is 4.31. The van der Waals surface area contributed by atoms with Gasteiger partial charge in [0.25, 0.3) is 11.6 Å². The Bertz CT molecular complexity index is 1160. The molecule has 140 valence electrons. The molecule has 0 unspecified atom stereocenters. The normalized spacial score (nSPS) is 13.8. The number of hydrogen-bond donors (Lipinski definition) is 2. The SMILES string of the molecule is CCc1cc(NC(=O)c2cc(C3CC3)nc3onc(-c4ccccc4)c23)n[nH]1. The number of nitrogens with zero attached hydrogens (tertiary/aromatic N) is 3. The minimum absolute atomic E-state index is 0.246. The van der Waals surface area contributed by atoms with E-state index in [1.165, 1.54) is 0 Å². The zero-order chi connectivity index (χ0) is 19.1. The van der Waals surface area contributed by atoms with Crippen LogP contribution in [0.15, 0.2) is 47.0 Å². The molecule has 0 spiro atoms. The van der Waals surface area contributed by atoms with Crippen molar-refractivity contribution in [2.24, 2.45) is 0 Å². The number of hydrogen-bond acceptors (Lipinski definition) is 5. The summed E-state index contributed by atoms with van der Waals surface area (Å²) in [6, 6.07) is 13.4. The van der Waals surface area contributed by atoms with Gasteiger partial charge in [-0.15, -0.1) is 0 Å². The summed E-state index contributed by atoms with van der Waals surface area (Å²) in [4.78, 5) is 17.8. The molecule has 0 saturated heterocycles. The topological polar surface area (TPSA) is 96.7 Å². The number of amides is 1. The fourth-order valence-corrected chi connectivity index (χ4v) is 3.32. The average Bonchev–Trinajstić information content (AvgIpc) is 3.34. The molecule has 2 N–H and O–H groups in total. The molecule has 0 radical (unpaired) electrons. The van der Waals surface area contributed by atoms with Gasteiger partial charge in [-0.2, -0.15) is 5.10 Å². The van der Waals surface area contributed by atoms with Crippen molar-refractivity contribution in [1.29, 1.82) is 0 Å². The second-order valence-electron chi connectivity index (χ2n) is 7.03. The van der Waals surface area contributed by atoms with Crippen LogP contribution in [0.3, 0.4) is 0 Å². The van der Waals surface area contributed by atoms with Gasteiger partial charge in [-0.25, -0.2) is 4.98 Å². The number of aromatic amines is 1. The summed E-state index contributed by atoms with van der Waals surface area (Å²) in [6.45, 7) is 2.02. The number of pyridine rings is 1. The highest BCUT2D eigenvalue weighted by Gasteiger charge is 2.29. The number of aryl methyl sites for hydroxylation is 1. The van der Waals surface area contributed by atoms with E-state index in [1.54, 1.807) is 0 Å². The van der Waals surface area contributed by atoms with Crippen LogP contribution in [0, 0.1) is 0 Å². The second-order valence-corrected chi connectivity index (χ2v) is 7.03. The Balaban J connectivity index is 1.62.